The van der Waals surface area contributed by atoms with E-state index in [0.717, 1.165) is 32.5 Å². The smallest absolute Gasteiger partial charge is 0.283 e. The molecule has 108 valence electrons. The van der Waals surface area contributed by atoms with Crippen LogP contribution in [0, 0.1) is 0 Å². The molecule has 3 aliphatic rings. The SMILES string of the molecule is CB1Nc2ccccc2C=C1C1=CCC2(CC1)OCCO2. The molecule has 3 nitrogen and oxygen atoms in total. The van der Waals surface area contributed by atoms with Gasteiger partial charge in [0, 0.05) is 18.5 Å². The van der Waals surface area contributed by atoms with E-state index in [1.54, 1.807) is 0 Å². The zero-order valence-corrected chi connectivity index (χ0v) is 12.4. The predicted molar refractivity (Wildman–Crippen MR) is 86.2 cm³/mol. The van der Waals surface area contributed by atoms with Crippen LogP contribution in [-0.2, 0) is 9.47 Å². The summed E-state index contributed by atoms with van der Waals surface area (Å²) in [4.78, 5) is 0. The van der Waals surface area contributed by atoms with Crippen LogP contribution in [-0.4, -0.2) is 25.8 Å². The summed E-state index contributed by atoms with van der Waals surface area (Å²) in [6.45, 7) is 4.05. The largest absolute Gasteiger partial charge is 0.424 e. The van der Waals surface area contributed by atoms with E-state index >= 15 is 0 Å². The Bertz CT molecular complexity index is 617. The number of ether oxygens (including phenoxy) is 2. The second-order valence-electron chi connectivity index (χ2n) is 6.09. The van der Waals surface area contributed by atoms with Crippen molar-refractivity contribution < 1.29 is 9.47 Å². The van der Waals surface area contributed by atoms with E-state index < -0.39 is 0 Å². The van der Waals surface area contributed by atoms with Gasteiger partial charge in [-0.15, -0.1) is 0 Å². The molecule has 1 fully saturated rings. The lowest BCUT2D eigenvalue weighted by Crippen LogP contribution is -2.34. The minimum absolute atomic E-state index is 0.326. The quantitative estimate of drug-likeness (QED) is 0.799. The van der Waals surface area contributed by atoms with Gasteiger partial charge >= 0.3 is 0 Å². The van der Waals surface area contributed by atoms with Crippen LogP contribution in [0.1, 0.15) is 24.8 Å². The topological polar surface area (TPSA) is 30.5 Å². The summed E-state index contributed by atoms with van der Waals surface area (Å²) in [5.74, 6) is -0.326. The van der Waals surface area contributed by atoms with Gasteiger partial charge in [0.05, 0.1) is 13.2 Å². The van der Waals surface area contributed by atoms with Gasteiger partial charge in [0.25, 0.3) is 6.85 Å². The predicted octanol–water partition coefficient (Wildman–Crippen LogP) is 3.51. The van der Waals surface area contributed by atoms with Crippen molar-refractivity contribution in [3.63, 3.8) is 0 Å². The molecule has 1 saturated heterocycles. The number of nitrogens with one attached hydrogen (secondary N) is 1. The van der Waals surface area contributed by atoms with E-state index in [-0.39, 0.29) is 5.79 Å². The molecule has 1 aromatic rings. The highest BCUT2D eigenvalue weighted by Crippen LogP contribution is 2.39. The minimum atomic E-state index is -0.326. The van der Waals surface area contributed by atoms with Crippen molar-refractivity contribution in [2.45, 2.75) is 31.9 Å². The van der Waals surface area contributed by atoms with Gasteiger partial charge in [-0.05, 0) is 18.1 Å². The molecular formula is C17H20BNO2. The first-order valence-corrected chi connectivity index (χ1v) is 7.80. The van der Waals surface area contributed by atoms with Gasteiger partial charge in [-0.2, -0.15) is 0 Å². The number of allylic oxidation sites excluding steroid dienone is 2. The highest BCUT2D eigenvalue weighted by Gasteiger charge is 2.38. The fourth-order valence-corrected chi connectivity index (χ4v) is 3.56. The van der Waals surface area contributed by atoms with Crippen LogP contribution in [0.15, 0.2) is 41.4 Å². The maximum atomic E-state index is 5.80. The van der Waals surface area contributed by atoms with Crippen LogP contribution in [0.3, 0.4) is 0 Å². The molecule has 0 radical (unpaired) electrons. The summed E-state index contributed by atoms with van der Waals surface area (Å²) in [6, 6.07) is 8.48. The number of hydrogen-bond donors (Lipinski definition) is 1. The van der Waals surface area contributed by atoms with E-state index in [1.807, 2.05) is 0 Å². The normalized spacial score (nSPS) is 23.4. The summed E-state index contributed by atoms with van der Waals surface area (Å²) in [5.41, 5.74) is 5.35. The van der Waals surface area contributed by atoms with Crippen LogP contribution in [0.25, 0.3) is 6.08 Å². The van der Waals surface area contributed by atoms with Gasteiger partial charge in [0.15, 0.2) is 5.79 Å². The highest BCUT2D eigenvalue weighted by molar-refractivity contribution is 6.71. The first-order chi connectivity index (χ1) is 10.3. The highest BCUT2D eigenvalue weighted by atomic mass is 16.7. The van der Waals surface area contributed by atoms with Crippen LogP contribution >= 0.6 is 0 Å². The molecule has 1 aromatic carbocycles. The van der Waals surface area contributed by atoms with Crippen molar-refractivity contribution in [1.82, 2.24) is 0 Å². The van der Waals surface area contributed by atoms with E-state index in [0.29, 0.717) is 6.85 Å². The van der Waals surface area contributed by atoms with E-state index in [1.165, 1.54) is 22.3 Å². The Morgan fingerprint density at radius 3 is 2.76 bits per heavy atom. The molecule has 0 unspecified atom stereocenters. The zero-order chi connectivity index (χ0) is 14.3. The number of fused-ring (bicyclic) bond motifs is 1. The van der Waals surface area contributed by atoms with E-state index in [4.69, 9.17) is 9.47 Å². The second kappa shape index (κ2) is 5.04. The summed E-state index contributed by atoms with van der Waals surface area (Å²) in [7, 11) is 0. The minimum Gasteiger partial charge on any atom is -0.424 e. The molecule has 0 atom stereocenters. The Morgan fingerprint density at radius 2 is 2.00 bits per heavy atom. The maximum Gasteiger partial charge on any atom is 0.283 e. The van der Waals surface area contributed by atoms with Gasteiger partial charge < -0.3 is 14.7 Å². The lowest BCUT2D eigenvalue weighted by molar-refractivity contribution is -0.161. The molecule has 1 N–H and O–H groups in total. The Labute approximate surface area is 126 Å². The molecule has 0 bridgehead atoms. The summed E-state index contributed by atoms with van der Waals surface area (Å²) in [6.07, 6.45) is 7.50. The van der Waals surface area contributed by atoms with Crippen molar-refractivity contribution in [2.75, 3.05) is 18.4 Å². The number of para-hydroxylation sites is 1. The fraction of sp³-hybridized carbons (Fsp3) is 0.412. The molecule has 4 heteroatoms. The van der Waals surface area contributed by atoms with Crippen LogP contribution < -0.4 is 5.23 Å². The third kappa shape index (κ3) is 2.32. The Balaban J connectivity index is 1.62. The molecule has 1 spiro atoms. The van der Waals surface area contributed by atoms with E-state index in [2.05, 4.69) is 48.5 Å². The Morgan fingerprint density at radius 1 is 1.19 bits per heavy atom. The van der Waals surface area contributed by atoms with E-state index in [9.17, 15) is 0 Å². The van der Waals surface area contributed by atoms with Gasteiger partial charge in [0.1, 0.15) is 0 Å². The number of anilines is 1. The van der Waals surface area contributed by atoms with Gasteiger partial charge in [0.2, 0.25) is 0 Å². The monoisotopic (exact) mass is 281 g/mol. The Hall–Kier alpha value is -1.52. The van der Waals surface area contributed by atoms with Gasteiger partial charge in [-0.1, -0.05) is 48.2 Å². The van der Waals surface area contributed by atoms with Crippen molar-refractivity contribution >= 4 is 18.6 Å². The van der Waals surface area contributed by atoms with Crippen LogP contribution in [0.5, 0.6) is 0 Å². The molecule has 0 amide bonds. The van der Waals surface area contributed by atoms with Crippen molar-refractivity contribution in [3.05, 3.63) is 47.0 Å². The molecule has 2 heterocycles. The first-order valence-electron chi connectivity index (χ1n) is 7.80. The lowest BCUT2D eigenvalue weighted by Gasteiger charge is -2.33. The fourth-order valence-electron chi connectivity index (χ4n) is 3.56. The lowest BCUT2D eigenvalue weighted by atomic mass is 9.52. The Kier molecular flexibility index (Phi) is 3.16. The molecule has 21 heavy (non-hydrogen) atoms. The standard InChI is InChI=1S/C17H20BNO2/c1-18-15(12-14-4-2-3-5-16(14)19-18)13-6-8-17(9-7-13)20-10-11-21-17/h2-6,12,19H,7-11H2,1H3. The van der Waals surface area contributed by atoms with Crippen molar-refractivity contribution in [2.24, 2.45) is 0 Å². The average molecular weight is 281 g/mol. The molecule has 0 aromatic heterocycles. The van der Waals surface area contributed by atoms with Crippen LogP contribution in [0.2, 0.25) is 6.82 Å². The first kappa shape index (κ1) is 13.2. The molecule has 0 saturated carbocycles. The number of rotatable bonds is 1. The maximum absolute atomic E-state index is 5.80. The summed E-state index contributed by atoms with van der Waals surface area (Å²) < 4.78 is 11.6. The third-order valence-electron chi connectivity index (χ3n) is 4.73. The average Bonchev–Trinajstić information content (AvgIpc) is 2.96. The van der Waals surface area contributed by atoms with Gasteiger partial charge in [-0.3, -0.25) is 0 Å². The number of hydrogen-bond acceptors (Lipinski definition) is 3. The second-order valence-corrected chi connectivity index (χ2v) is 6.09. The third-order valence-corrected chi connectivity index (χ3v) is 4.73. The van der Waals surface area contributed by atoms with Crippen LogP contribution in [0.4, 0.5) is 5.69 Å². The number of benzene rings is 1. The molecule has 1 aliphatic carbocycles. The molecular weight excluding hydrogens is 261 g/mol. The molecule has 4 rings (SSSR count). The van der Waals surface area contributed by atoms with Crippen molar-refractivity contribution in [1.29, 1.82) is 0 Å². The molecule has 2 aliphatic heterocycles. The summed E-state index contributed by atoms with van der Waals surface area (Å²) in [5, 5.41) is 3.60. The summed E-state index contributed by atoms with van der Waals surface area (Å²) >= 11 is 0. The van der Waals surface area contributed by atoms with Crippen molar-refractivity contribution in [3.8, 4) is 0 Å². The zero-order valence-electron chi connectivity index (χ0n) is 12.4. The van der Waals surface area contributed by atoms with Gasteiger partial charge in [-0.25, -0.2) is 0 Å².